The molecule has 0 aromatic rings. The van der Waals surface area contributed by atoms with Crippen LogP contribution in [-0.4, -0.2) is 11.9 Å². The molecule has 0 spiro atoms. The number of carboxylic acid groups (broad SMARTS) is 2. The summed E-state index contributed by atoms with van der Waals surface area (Å²) < 4.78 is 25.8. The normalized spacial score (nSPS) is 5.00. The summed E-state index contributed by atoms with van der Waals surface area (Å²) in [5.74, 6) is -4.37. The fraction of sp³-hybridized carbons (Fsp3) is 0. The zero-order valence-corrected chi connectivity index (χ0v) is 9.92. The van der Waals surface area contributed by atoms with Gasteiger partial charge in [0.1, 0.15) is 0 Å². The van der Waals surface area contributed by atoms with Gasteiger partial charge < -0.3 is 44.4 Å². The van der Waals surface area contributed by atoms with Crippen molar-refractivity contribution < 1.29 is 49.1 Å². The topological polar surface area (TPSA) is 289 Å². The third-order valence-corrected chi connectivity index (χ3v) is 0.167. The van der Waals surface area contributed by atoms with Gasteiger partial charge in [0.2, 0.25) is 0 Å². The SMILES string of the molecule is O=C([O-])C(=O)[O-].[NH4+].[NH4+].[NH4+].[NH4+].[O]=[Ti]([O-])[O-]. The monoisotopic (exact) mass is 256 g/mol. The summed E-state index contributed by atoms with van der Waals surface area (Å²) in [6.07, 6.45) is 0. The molecule has 11 nitrogen and oxygen atoms in total. The van der Waals surface area contributed by atoms with Crippen molar-refractivity contribution in [2.24, 2.45) is 0 Å². The van der Waals surface area contributed by atoms with Gasteiger partial charge in [-0.25, -0.2) is 0 Å². The Balaban J connectivity index is -0.0000000185. The van der Waals surface area contributed by atoms with E-state index in [1.165, 1.54) is 0 Å². The molecule has 0 amide bonds. The molecular weight excluding hydrogens is 240 g/mol. The van der Waals surface area contributed by atoms with Crippen LogP contribution in [0.25, 0.3) is 0 Å². The summed E-state index contributed by atoms with van der Waals surface area (Å²) in [7, 11) is 0. The molecule has 0 heterocycles. The van der Waals surface area contributed by atoms with E-state index in [0.717, 1.165) is 0 Å². The van der Waals surface area contributed by atoms with Crippen molar-refractivity contribution >= 4 is 11.9 Å². The molecule has 90 valence electrons. The molecule has 0 atom stereocenters. The molecule has 12 heteroatoms. The minimum absolute atomic E-state index is 0. The summed E-state index contributed by atoms with van der Waals surface area (Å²) in [5.41, 5.74) is 0. The summed E-state index contributed by atoms with van der Waals surface area (Å²) in [5, 5.41) is 17.9. The molecule has 0 unspecified atom stereocenters. The van der Waals surface area contributed by atoms with Crippen LogP contribution in [0, 0.1) is 0 Å². The summed E-state index contributed by atoms with van der Waals surface area (Å²) in [6, 6.07) is 0. The number of hydrogen-bond donors (Lipinski definition) is 4. The van der Waals surface area contributed by atoms with Gasteiger partial charge in [-0.15, -0.1) is 0 Å². The van der Waals surface area contributed by atoms with E-state index in [-0.39, 0.29) is 24.6 Å². The van der Waals surface area contributed by atoms with E-state index in [1.807, 2.05) is 0 Å². The van der Waals surface area contributed by atoms with Crippen LogP contribution in [0.1, 0.15) is 0 Å². The van der Waals surface area contributed by atoms with Crippen LogP contribution in [0.15, 0.2) is 0 Å². The van der Waals surface area contributed by atoms with Gasteiger partial charge in [0, 0.05) is 0 Å². The van der Waals surface area contributed by atoms with E-state index in [0.29, 0.717) is 0 Å². The van der Waals surface area contributed by atoms with Crippen molar-refractivity contribution in [3.05, 3.63) is 0 Å². The zero-order chi connectivity index (χ0) is 8.73. The number of quaternary nitrogens is 4. The van der Waals surface area contributed by atoms with Gasteiger partial charge >= 0.3 is 29.3 Å². The molecule has 0 bridgehead atoms. The van der Waals surface area contributed by atoms with Crippen LogP contribution >= 0.6 is 0 Å². The van der Waals surface area contributed by atoms with Gasteiger partial charge in [0.25, 0.3) is 0 Å². The molecule has 0 saturated heterocycles. The van der Waals surface area contributed by atoms with E-state index in [1.54, 1.807) is 0 Å². The van der Waals surface area contributed by atoms with Crippen molar-refractivity contribution in [1.29, 1.82) is 0 Å². The van der Waals surface area contributed by atoms with Gasteiger partial charge in [0.15, 0.2) is 0 Å². The van der Waals surface area contributed by atoms with Crippen LogP contribution in [0.3, 0.4) is 0 Å². The molecule has 16 N–H and O–H groups in total. The first-order valence-corrected chi connectivity index (χ1v) is 3.59. The van der Waals surface area contributed by atoms with Crippen molar-refractivity contribution in [1.82, 2.24) is 24.6 Å². The molecule has 0 aliphatic rings. The van der Waals surface area contributed by atoms with Crippen molar-refractivity contribution in [2.75, 3.05) is 0 Å². The van der Waals surface area contributed by atoms with E-state index in [4.69, 9.17) is 30.5 Å². The second kappa shape index (κ2) is 22.8. The second-order valence-electron chi connectivity index (χ2n) is 0.825. The van der Waals surface area contributed by atoms with Crippen LogP contribution in [0.2, 0.25) is 0 Å². The van der Waals surface area contributed by atoms with Crippen LogP contribution in [0.5, 0.6) is 0 Å². The number of hydrogen-bond acceptors (Lipinski definition) is 7. The Kier molecular flexibility index (Phi) is 61.6. The van der Waals surface area contributed by atoms with Crippen LogP contribution < -0.4 is 42.2 Å². The Labute approximate surface area is 86.2 Å². The molecule has 0 aromatic carbocycles. The first-order valence-electron chi connectivity index (χ1n) is 1.68. The summed E-state index contributed by atoms with van der Waals surface area (Å²) >= 11 is -4.08. The molecule has 0 rings (SSSR count). The Morgan fingerprint density at radius 1 is 0.786 bits per heavy atom. The molecule has 0 aromatic heterocycles. The van der Waals surface area contributed by atoms with Gasteiger partial charge in [0.05, 0.1) is 11.9 Å². The summed E-state index contributed by atoms with van der Waals surface area (Å²) in [6.45, 7) is 0. The summed E-state index contributed by atoms with van der Waals surface area (Å²) in [4.78, 5) is 17.9. The molecule has 0 saturated carbocycles. The molecule has 14 heavy (non-hydrogen) atoms. The number of carbonyl (C=O) groups is 2. The quantitative estimate of drug-likeness (QED) is 0.242. The Morgan fingerprint density at radius 2 is 0.857 bits per heavy atom. The third kappa shape index (κ3) is 113. The molecule has 0 fully saturated rings. The van der Waals surface area contributed by atoms with Gasteiger partial charge in [-0.1, -0.05) is 0 Å². The third-order valence-electron chi connectivity index (χ3n) is 0.167. The fourth-order valence-corrected chi connectivity index (χ4v) is 0. The maximum atomic E-state index is 8.93. The van der Waals surface area contributed by atoms with Gasteiger partial charge in [-0.05, 0) is 0 Å². The number of carbonyl (C=O) groups excluding carboxylic acids is 2. The molecule has 0 aliphatic heterocycles. The number of aliphatic carboxylic acids is 2. The van der Waals surface area contributed by atoms with E-state index in [2.05, 4.69) is 0 Å². The first kappa shape index (κ1) is 37.9. The van der Waals surface area contributed by atoms with E-state index < -0.39 is 30.6 Å². The molecule has 0 radical (unpaired) electrons. The number of carboxylic acids is 2. The predicted octanol–water partition coefficient (Wildman–Crippen LogP) is -4.51. The Bertz CT molecular complexity index is 146. The van der Waals surface area contributed by atoms with Crippen molar-refractivity contribution in [3.8, 4) is 0 Å². The van der Waals surface area contributed by atoms with Crippen molar-refractivity contribution in [3.63, 3.8) is 0 Å². The van der Waals surface area contributed by atoms with E-state index >= 15 is 0 Å². The van der Waals surface area contributed by atoms with E-state index in [9.17, 15) is 0 Å². The first-order chi connectivity index (χ1) is 4.37. The average molecular weight is 256 g/mol. The molecular formula is C2H16N4O7Ti. The fourth-order valence-electron chi connectivity index (χ4n) is 0. The molecule has 0 aliphatic carbocycles. The second-order valence-corrected chi connectivity index (χ2v) is 1.61. The standard InChI is InChI=1S/C2H2O4.4H3N.3O.Ti/c3-1(4)2(5)6;;;;;;;;/h(H,3,4)(H,5,6);4*1H3;;;;/q;;;;;;2*-1;/p+2. The Hall–Kier alpha value is -0.786. The van der Waals surface area contributed by atoms with Crippen LogP contribution in [-0.2, 0) is 31.5 Å². The average Bonchev–Trinajstić information content (AvgIpc) is 1.63. The predicted molar refractivity (Wildman–Crippen MR) is 34.6 cm³/mol. The maximum absolute atomic E-state index is 8.93. The number of rotatable bonds is 0. The Morgan fingerprint density at radius 3 is 0.857 bits per heavy atom. The minimum atomic E-state index is -4.08. The zero-order valence-electron chi connectivity index (χ0n) is 8.36. The van der Waals surface area contributed by atoms with Gasteiger partial charge in [-0.2, -0.15) is 0 Å². The van der Waals surface area contributed by atoms with Crippen molar-refractivity contribution in [2.45, 2.75) is 0 Å². The van der Waals surface area contributed by atoms with Gasteiger partial charge in [-0.3, -0.25) is 0 Å². The van der Waals surface area contributed by atoms with Crippen LogP contribution in [0.4, 0.5) is 0 Å².